The highest BCUT2D eigenvalue weighted by molar-refractivity contribution is 7.89. The Hall–Kier alpha value is -1.86. The summed E-state index contributed by atoms with van der Waals surface area (Å²) in [6.45, 7) is 2.18. The maximum Gasteiger partial charge on any atom is 0.238 e. The first-order valence-corrected chi connectivity index (χ1v) is 7.65. The first-order valence-electron chi connectivity index (χ1n) is 6.11. The quantitative estimate of drug-likeness (QED) is 0.891. The molecule has 0 aliphatic carbocycles. The molecule has 2 rings (SSSR count). The number of hydrogen-bond donors (Lipinski definition) is 1. The van der Waals surface area contributed by atoms with Gasteiger partial charge in [-0.05, 0) is 36.8 Å². The molecule has 0 aliphatic heterocycles. The third-order valence-electron chi connectivity index (χ3n) is 3.00. The van der Waals surface area contributed by atoms with Crippen molar-refractivity contribution in [3.05, 3.63) is 41.7 Å². The largest absolute Gasteiger partial charge is 0.493 e. The number of aryl methyl sites for hydroxylation is 2. The van der Waals surface area contributed by atoms with Gasteiger partial charge in [-0.2, -0.15) is 5.10 Å². The third-order valence-corrected chi connectivity index (χ3v) is 4.07. The molecule has 108 valence electrons. The number of benzene rings is 1. The minimum Gasteiger partial charge on any atom is -0.493 e. The number of aromatic nitrogens is 2. The van der Waals surface area contributed by atoms with Gasteiger partial charge in [-0.1, -0.05) is 0 Å². The van der Waals surface area contributed by atoms with Gasteiger partial charge in [0.05, 0.1) is 11.5 Å². The maximum absolute atomic E-state index is 11.3. The number of nitrogens with zero attached hydrogens (tertiary/aromatic N) is 2. The van der Waals surface area contributed by atoms with Gasteiger partial charge < -0.3 is 4.74 Å². The molecule has 0 unspecified atom stereocenters. The van der Waals surface area contributed by atoms with Crippen molar-refractivity contribution in [2.75, 3.05) is 6.61 Å². The average Bonchev–Trinajstić information content (AvgIpc) is 2.73. The summed E-state index contributed by atoms with van der Waals surface area (Å²) >= 11 is 0. The van der Waals surface area contributed by atoms with Crippen molar-refractivity contribution < 1.29 is 13.2 Å². The van der Waals surface area contributed by atoms with Gasteiger partial charge in [0.25, 0.3) is 0 Å². The molecule has 0 bridgehead atoms. The van der Waals surface area contributed by atoms with E-state index in [1.807, 2.05) is 13.1 Å². The van der Waals surface area contributed by atoms with Gasteiger partial charge in [-0.3, -0.25) is 4.68 Å². The molecule has 20 heavy (non-hydrogen) atoms. The summed E-state index contributed by atoms with van der Waals surface area (Å²) in [6, 6.07) is 6.67. The van der Waals surface area contributed by atoms with E-state index in [2.05, 4.69) is 5.10 Å². The Labute approximate surface area is 118 Å². The Morgan fingerprint density at radius 1 is 1.35 bits per heavy atom. The van der Waals surface area contributed by atoms with Crippen LogP contribution in [-0.4, -0.2) is 24.8 Å². The molecule has 1 aromatic heterocycles. The molecule has 0 saturated carbocycles. The highest BCUT2D eigenvalue weighted by Crippen LogP contribution is 2.20. The number of hydrogen-bond acceptors (Lipinski definition) is 4. The van der Waals surface area contributed by atoms with Gasteiger partial charge in [0.1, 0.15) is 5.75 Å². The number of ether oxygens (including phenoxy) is 1. The molecule has 0 spiro atoms. The van der Waals surface area contributed by atoms with E-state index < -0.39 is 10.0 Å². The lowest BCUT2D eigenvalue weighted by Crippen LogP contribution is -2.13. The van der Waals surface area contributed by atoms with Crippen LogP contribution >= 0.6 is 0 Å². The topological polar surface area (TPSA) is 87.2 Å². The molecule has 0 fully saturated rings. The predicted molar refractivity (Wildman–Crippen MR) is 75.0 cm³/mol. The van der Waals surface area contributed by atoms with Crippen molar-refractivity contribution in [3.63, 3.8) is 0 Å². The van der Waals surface area contributed by atoms with Crippen LogP contribution in [0.2, 0.25) is 0 Å². The summed E-state index contributed by atoms with van der Waals surface area (Å²) in [7, 11) is -1.80. The summed E-state index contributed by atoms with van der Waals surface area (Å²) in [5.74, 6) is 0.622. The summed E-state index contributed by atoms with van der Waals surface area (Å²) < 4.78 is 30.0. The van der Waals surface area contributed by atoms with E-state index in [1.165, 1.54) is 6.07 Å². The van der Waals surface area contributed by atoms with Gasteiger partial charge >= 0.3 is 0 Å². The van der Waals surface area contributed by atoms with Crippen LogP contribution in [-0.2, 0) is 23.5 Å². The Balaban J connectivity index is 2.01. The zero-order chi connectivity index (χ0) is 14.8. The van der Waals surface area contributed by atoms with Crippen LogP contribution in [0.3, 0.4) is 0 Å². The molecule has 0 saturated heterocycles. The van der Waals surface area contributed by atoms with Crippen LogP contribution in [0.4, 0.5) is 0 Å². The fourth-order valence-corrected chi connectivity index (χ4v) is 2.72. The van der Waals surface area contributed by atoms with E-state index in [0.717, 1.165) is 12.1 Å². The Kier molecular flexibility index (Phi) is 4.10. The summed E-state index contributed by atoms with van der Waals surface area (Å²) in [4.78, 5) is 0.122. The van der Waals surface area contributed by atoms with E-state index in [-0.39, 0.29) is 4.90 Å². The molecule has 0 atom stereocenters. The molecule has 7 heteroatoms. The Bertz CT molecular complexity index is 707. The summed E-state index contributed by atoms with van der Waals surface area (Å²) in [5.41, 5.74) is 1.65. The van der Waals surface area contributed by atoms with Crippen molar-refractivity contribution in [3.8, 4) is 5.75 Å². The highest BCUT2D eigenvalue weighted by Gasteiger charge is 2.11. The zero-order valence-corrected chi connectivity index (χ0v) is 12.2. The summed E-state index contributed by atoms with van der Waals surface area (Å²) in [6.07, 6.45) is 2.47. The average molecular weight is 295 g/mol. The van der Waals surface area contributed by atoms with E-state index in [1.54, 1.807) is 29.9 Å². The van der Waals surface area contributed by atoms with Gasteiger partial charge in [0, 0.05) is 25.4 Å². The van der Waals surface area contributed by atoms with E-state index in [4.69, 9.17) is 9.88 Å². The minimum absolute atomic E-state index is 0.122. The van der Waals surface area contributed by atoms with Gasteiger partial charge in [0.15, 0.2) is 0 Å². The van der Waals surface area contributed by atoms with Gasteiger partial charge in [-0.15, -0.1) is 0 Å². The van der Waals surface area contributed by atoms with Crippen LogP contribution < -0.4 is 9.88 Å². The monoisotopic (exact) mass is 295 g/mol. The standard InChI is InChI=1S/C13H17N3O3S/c1-10-9-12(3-4-13(10)20(14,17)18)19-8-6-11-5-7-15-16(11)2/h3-5,7,9H,6,8H2,1-2H3,(H2,14,17,18). The highest BCUT2D eigenvalue weighted by atomic mass is 32.2. The normalized spacial score (nSPS) is 11.6. The molecule has 0 radical (unpaired) electrons. The Morgan fingerprint density at radius 2 is 2.10 bits per heavy atom. The molecule has 2 aromatic rings. The fraction of sp³-hybridized carbons (Fsp3) is 0.308. The number of sulfonamides is 1. The maximum atomic E-state index is 11.3. The van der Waals surface area contributed by atoms with Crippen molar-refractivity contribution >= 4 is 10.0 Å². The molecule has 6 nitrogen and oxygen atoms in total. The molecule has 2 N–H and O–H groups in total. The molecule has 1 heterocycles. The SMILES string of the molecule is Cc1cc(OCCc2ccnn2C)ccc1S(N)(=O)=O. The van der Waals surface area contributed by atoms with Crippen LogP contribution in [0.1, 0.15) is 11.3 Å². The smallest absolute Gasteiger partial charge is 0.238 e. The van der Waals surface area contributed by atoms with Crippen molar-refractivity contribution in [1.82, 2.24) is 9.78 Å². The zero-order valence-electron chi connectivity index (χ0n) is 11.4. The lowest BCUT2D eigenvalue weighted by molar-refractivity contribution is 0.318. The van der Waals surface area contributed by atoms with E-state index in [0.29, 0.717) is 17.9 Å². The first-order chi connectivity index (χ1) is 9.38. The van der Waals surface area contributed by atoms with Crippen LogP contribution in [0.5, 0.6) is 5.75 Å². The van der Waals surface area contributed by atoms with Crippen molar-refractivity contribution in [2.45, 2.75) is 18.2 Å². The van der Waals surface area contributed by atoms with Crippen molar-refractivity contribution in [1.29, 1.82) is 0 Å². The molecule has 0 aliphatic rings. The number of rotatable bonds is 5. The van der Waals surface area contributed by atoms with Crippen LogP contribution in [0.25, 0.3) is 0 Å². The second-order valence-electron chi connectivity index (χ2n) is 4.52. The van der Waals surface area contributed by atoms with E-state index in [9.17, 15) is 8.42 Å². The fourth-order valence-electron chi connectivity index (χ4n) is 1.95. The molecular weight excluding hydrogens is 278 g/mol. The lowest BCUT2D eigenvalue weighted by Gasteiger charge is -2.09. The second kappa shape index (κ2) is 5.64. The van der Waals surface area contributed by atoms with Crippen LogP contribution in [0.15, 0.2) is 35.4 Å². The van der Waals surface area contributed by atoms with Crippen LogP contribution in [0, 0.1) is 6.92 Å². The second-order valence-corrected chi connectivity index (χ2v) is 6.05. The summed E-state index contributed by atoms with van der Waals surface area (Å²) in [5, 5.41) is 9.19. The molecular formula is C13H17N3O3S. The predicted octanol–water partition coefficient (Wildman–Crippen LogP) is 0.997. The third kappa shape index (κ3) is 3.37. The molecule has 0 amide bonds. The van der Waals surface area contributed by atoms with Gasteiger partial charge in [0.2, 0.25) is 10.0 Å². The number of nitrogens with two attached hydrogens (primary N) is 1. The van der Waals surface area contributed by atoms with E-state index >= 15 is 0 Å². The van der Waals surface area contributed by atoms with Gasteiger partial charge in [-0.25, -0.2) is 13.6 Å². The number of primary sulfonamides is 1. The first kappa shape index (κ1) is 14.5. The van der Waals surface area contributed by atoms with Crippen molar-refractivity contribution in [2.24, 2.45) is 12.2 Å². The Morgan fingerprint density at radius 3 is 2.65 bits per heavy atom. The lowest BCUT2D eigenvalue weighted by atomic mass is 10.2. The minimum atomic E-state index is -3.68. The molecule has 1 aromatic carbocycles.